The summed E-state index contributed by atoms with van der Waals surface area (Å²) >= 11 is 3.44. The average molecular weight is 493 g/mol. The molecule has 3 aromatic rings. The molecule has 0 fully saturated rings. The highest BCUT2D eigenvalue weighted by Gasteiger charge is 2.27. The number of para-hydroxylation sites is 1. The standard InChI is InChI=1S/C24H17BrN2O5/c1-15-19(9-5-10-21(15)27(29)30)23-26-20(24(28)32-23)13-17-7-2-3-11-22(17)31-14-16-6-4-8-18(25)12-16/h2-13H,14H2,1H3/b20-13-. The predicted molar refractivity (Wildman–Crippen MR) is 123 cm³/mol. The van der Waals surface area contributed by atoms with Gasteiger partial charge in [-0.2, -0.15) is 0 Å². The summed E-state index contributed by atoms with van der Waals surface area (Å²) in [5.41, 5.74) is 2.45. The molecule has 7 nitrogen and oxygen atoms in total. The van der Waals surface area contributed by atoms with E-state index < -0.39 is 10.9 Å². The lowest BCUT2D eigenvalue weighted by molar-refractivity contribution is -0.385. The van der Waals surface area contributed by atoms with Gasteiger partial charge in [0.2, 0.25) is 5.90 Å². The molecule has 0 atom stereocenters. The van der Waals surface area contributed by atoms with E-state index in [0.717, 1.165) is 10.0 Å². The number of ether oxygens (including phenoxy) is 2. The molecule has 32 heavy (non-hydrogen) atoms. The van der Waals surface area contributed by atoms with Crippen molar-refractivity contribution in [3.63, 3.8) is 0 Å². The Morgan fingerprint density at radius 1 is 1.12 bits per heavy atom. The van der Waals surface area contributed by atoms with Crippen molar-refractivity contribution in [2.75, 3.05) is 0 Å². The maximum atomic E-state index is 12.4. The Morgan fingerprint density at radius 2 is 1.91 bits per heavy atom. The first-order chi connectivity index (χ1) is 15.4. The Morgan fingerprint density at radius 3 is 2.69 bits per heavy atom. The average Bonchev–Trinajstić information content (AvgIpc) is 3.13. The SMILES string of the molecule is Cc1c(C2=N/C(=C\c3ccccc3OCc3cccc(Br)c3)C(=O)O2)cccc1[N+](=O)[O-]. The van der Waals surface area contributed by atoms with Crippen LogP contribution < -0.4 is 4.74 Å². The molecule has 0 N–H and O–H groups in total. The van der Waals surface area contributed by atoms with E-state index in [1.807, 2.05) is 42.5 Å². The maximum Gasteiger partial charge on any atom is 0.363 e. The fourth-order valence-electron chi connectivity index (χ4n) is 3.24. The smallest absolute Gasteiger partial charge is 0.363 e. The lowest BCUT2D eigenvalue weighted by Crippen LogP contribution is -2.08. The second kappa shape index (κ2) is 9.15. The third-order valence-corrected chi connectivity index (χ3v) is 5.34. The van der Waals surface area contributed by atoms with Gasteiger partial charge in [0.1, 0.15) is 12.4 Å². The molecule has 3 aromatic carbocycles. The van der Waals surface area contributed by atoms with Crippen LogP contribution in [0, 0.1) is 17.0 Å². The second-order valence-corrected chi connectivity index (χ2v) is 7.91. The topological polar surface area (TPSA) is 91.0 Å². The summed E-state index contributed by atoms with van der Waals surface area (Å²) in [6, 6.07) is 19.6. The lowest BCUT2D eigenvalue weighted by Gasteiger charge is -2.09. The summed E-state index contributed by atoms with van der Waals surface area (Å²) in [6.45, 7) is 1.95. The van der Waals surface area contributed by atoms with E-state index >= 15 is 0 Å². The first-order valence-corrected chi connectivity index (χ1v) is 10.4. The minimum atomic E-state index is -0.632. The quantitative estimate of drug-likeness (QED) is 0.193. The summed E-state index contributed by atoms with van der Waals surface area (Å²) in [5.74, 6) is -0.00867. The van der Waals surface area contributed by atoms with Crippen molar-refractivity contribution in [1.82, 2.24) is 0 Å². The van der Waals surface area contributed by atoms with Crippen LogP contribution in [0.5, 0.6) is 5.75 Å². The van der Waals surface area contributed by atoms with Crippen LogP contribution in [-0.2, 0) is 16.1 Å². The molecule has 0 spiro atoms. The van der Waals surface area contributed by atoms with Crippen molar-refractivity contribution < 1.29 is 19.2 Å². The van der Waals surface area contributed by atoms with Gasteiger partial charge in [-0.25, -0.2) is 9.79 Å². The fraction of sp³-hybridized carbons (Fsp3) is 0.0833. The lowest BCUT2D eigenvalue weighted by atomic mass is 10.1. The third-order valence-electron chi connectivity index (χ3n) is 4.85. The van der Waals surface area contributed by atoms with Gasteiger partial charge < -0.3 is 9.47 Å². The van der Waals surface area contributed by atoms with Crippen LogP contribution in [0.3, 0.4) is 0 Å². The molecule has 1 aliphatic heterocycles. The molecule has 0 aliphatic carbocycles. The molecule has 0 aromatic heterocycles. The van der Waals surface area contributed by atoms with Crippen LogP contribution >= 0.6 is 15.9 Å². The van der Waals surface area contributed by atoms with Gasteiger partial charge in [0, 0.05) is 27.2 Å². The van der Waals surface area contributed by atoms with Gasteiger partial charge in [0.25, 0.3) is 5.69 Å². The molecule has 160 valence electrons. The van der Waals surface area contributed by atoms with Gasteiger partial charge in [-0.15, -0.1) is 0 Å². The minimum Gasteiger partial charge on any atom is -0.488 e. The molecular formula is C24H17BrN2O5. The number of cyclic esters (lactones) is 1. The zero-order valence-corrected chi connectivity index (χ0v) is 18.5. The predicted octanol–water partition coefficient (Wildman–Crippen LogP) is 5.59. The molecule has 8 heteroatoms. The highest BCUT2D eigenvalue weighted by Crippen LogP contribution is 2.28. The zero-order chi connectivity index (χ0) is 22.7. The van der Waals surface area contributed by atoms with Crippen molar-refractivity contribution in [2.45, 2.75) is 13.5 Å². The van der Waals surface area contributed by atoms with E-state index in [9.17, 15) is 14.9 Å². The van der Waals surface area contributed by atoms with Crippen molar-refractivity contribution in [2.24, 2.45) is 4.99 Å². The number of nitro benzene ring substituents is 1. The first-order valence-electron chi connectivity index (χ1n) is 9.65. The van der Waals surface area contributed by atoms with Gasteiger partial charge in [-0.05, 0) is 42.8 Å². The molecule has 1 aliphatic rings. The third kappa shape index (κ3) is 4.60. The van der Waals surface area contributed by atoms with Gasteiger partial charge in [-0.1, -0.05) is 52.3 Å². The molecule has 1 heterocycles. The van der Waals surface area contributed by atoms with Gasteiger partial charge in [0.05, 0.1) is 4.92 Å². The number of halogens is 1. The number of hydrogen-bond acceptors (Lipinski definition) is 6. The number of benzene rings is 3. The first kappa shape index (κ1) is 21.5. The number of carbonyl (C=O) groups is 1. The molecule has 0 unspecified atom stereocenters. The van der Waals surface area contributed by atoms with E-state index in [1.165, 1.54) is 12.1 Å². The molecule has 0 saturated carbocycles. The summed E-state index contributed by atoms with van der Waals surface area (Å²) in [7, 11) is 0. The largest absolute Gasteiger partial charge is 0.488 e. The number of esters is 1. The molecular weight excluding hydrogens is 476 g/mol. The number of hydrogen-bond donors (Lipinski definition) is 0. The minimum absolute atomic E-state index is 0.0370. The van der Waals surface area contributed by atoms with E-state index in [-0.39, 0.29) is 17.3 Å². The Bertz CT molecular complexity index is 1280. The number of carbonyl (C=O) groups excluding carboxylic acids is 1. The number of aliphatic imine (C=N–C) groups is 1. The van der Waals surface area contributed by atoms with Crippen molar-refractivity contribution in [3.8, 4) is 5.75 Å². The van der Waals surface area contributed by atoms with Gasteiger partial charge in [-0.3, -0.25) is 10.1 Å². The Hall–Kier alpha value is -3.78. The maximum absolute atomic E-state index is 12.4. The van der Waals surface area contributed by atoms with E-state index in [4.69, 9.17) is 9.47 Å². The summed E-state index contributed by atoms with van der Waals surface area (Å²) < 4.78 is 12.2. The Labute approximate surface area is 192 Å². The van der Waals surface area contributed by atoms with Crippen molar-refractivity contribution >= 4 is 39.6 Å². The molecule has 4 rings (SSSR count). The van der Waals surface area contributed by atoms with Crippen LogP contribution in [0.2, 0.25) is 0 Å². The van der Waals surface area contributed by atoms with Crippen molar-refractivity contribution in [1.29, 1.82) is 0 Å². The normalized spacial score (nSPS) is 14.2. The summed E-state index contributed by atoms with van der Waals surface area (Å²) in [5, 5.41) is 11.2. The van der Waals surface area contributed by atoms with Crippen LogP contribution in [-0.4, -0.2) is 16.8 Å². The van der Waals surface area contributed by atoms with Crippen LogP contribution in [0.25, 0.3) is 6.08 Å². The van der Waals surface area contributed by atoms with Crippen LogP contribution in [0.4, 0.5) is 5.69 Å². The van der Waals surface area contributed by atoms with Crippen LogP contribution in [0.15, 0.2) is 81.9 Å². The monoisotopic (exact) mass is 492 g/mol. The van der Waals surface area contributed by atoms with Crippen molar-refractivity contribution in [3.05, 3.63) is 109 Å². The highest BCUT2D eigenvalue weighted by molar-refractivity contribution is 9.10. The Balaban J connectivity index is 1.62. The number of nitrogens with zero attached hydrogens (tertiary/aromatic N) is 2. The number of rotatable bonds is 6. The fourth-order valence-corrected chi connectivity index (χ4v) is 3.69. The van der Waals surface area contributed by atoms with Gasteiger partial charge >= 0.3 is 5.97 Å². The second-order valence-electron chi connectivity index (χ2n) is 7.00. The molecule has 0 amide bonds. The number of nitro groups is 1. The molecule has 0 radical (unpaired) electrons. The summed E-state index contributed by atoms with van der Waals surface area (Å²) in [4.78, 5) is 27.5. The van der Waals surface area contributed by atoms with E-state index in [2.05, 4.69) is 20.9 Å². The highest BCUT2D eigenvalue weighted by atomic mass is 79.9. The zero-order valence-electron chi connectivity index (χ0n) is 16.9. The summed E-state index contributed by atoms with van der Waals surface area (Å²) in [6.07, 6.45) is 1.58. The van der Waals surface area contributed by atoms with E-state index in [0.29, 0.717) is 29.0 Å². The molecule has 0 saturated heterocycles. The van der Waals surface area contributed by atoms with E-state index in [1.54, 1.807) is 25.1 Å². The van der Waals surface area contributed by atoms with Gasteiger partial charge in [0.15, 0.2) is 5.70 Å². The molecule has 0 bridgehead atoms. The Kier molecular flexibility index (Phi) is 6.13. The van der Waals surface area contributed by atoms with Crippen LogP contribution in [0.1, 0.15) is 22.3 Å².